The zero-order valence-corrected chi connectivity index (χ0v) is 13.5. The molecule has 2 heterocycles. The normalized spacial score (nSPS) is 21.3. The van der Waals surface area contributed by atoms with Gasteiger partial charge in [0.15, 0.2) is 0 Å². The zero-order chi connectivity index (χ0) is 15.0. The summed E-state index contributed by atoms with van der Waals surface area (Å²) in [4.78, 5) is 28.6. The molecule has 1 N–H and O–H groups in total. The Labute approximate surface area is 124 Å². The second-order valence-corrected chi connectivity index (χ2v) is 7.26. The van der Waals surface area contributed by atoms with Gasteiger partial charge < -0.3 is 10.2 Å². The fourth-order valence-electron chi connectivity index (χ4n) is 2.70. The van der Waals surface area contributed by atoms with Crippen LogP contribution >= 0.6 is 11.3 Å². The second kappa shape index (κ2) is 5.56. The van der Waals surface area contributed by atoms with Crippen molar-refractivity contribution in [3.8, 4) is 0 Å². The Kier molecular flexibility index (Phi) is 4.18. The van der Waals surface area contributed by atoms with Gasteiger partial charge in [-0.3, -0.25) is 9.59 Å². The first kappa shape index (κ1) is 15.0. The number of thiophene rings is 1. The average molecular weight is 294 g/mol. The Morgan fingerprint density at radius 2 is 1.95 bits per heavy atom. The van der Waals surface area contributed by atoms with Crippen LogP contribution in [0.25, 0.3) is 0 Å². The molecule has 1 aromatic rings. The highest BCUT2D eigenvalue weighted by Crippen LogP contribution is 2.31. The SMILES string of the molecule is Cc1cc(C(C)N2CC(=O)NC(C(C)C)C2=O)c(C)s1. The predicted molar refractivity (Wildman–Crippen MR) is 80.7 cm³/mol. The Hall–Kier alpha value is -1.36. The molecule has 0 saturated carbocycles. The Morgan fingerprint density at radius 3 is 2.45 bits per heavy atom. The molecule has 2 atom stereocenters. The van der Waals surface area contributed by atoms with E-state index in [0.717, 1.165) is 5.56 Å². The molecule has 0 bridgehead atoms. The van der Waals surface area contributed by atoms with Crippen molar-refractivity contribution in [2.24, 2.45) is 5.92 Å². The highest BCUT2D eigenvalue weighted by Gasteiger charge is 2.37. The third-order valence-corrected chi connectivity index (χ3v) is 4.82. The van der Waals surface area contributed by atoms with Gasteiger partial charge in [0.1, 0.15) is 12.6 Å². The van der Waals surface area contributed by atoms with E-state index >= 15 is 0 Å². The lowest BCUT2D eigenvalue weighted by Crippen LogP contribution is -2.60. The number of nitrogens with one attached hydrogen (secondary N) is 1. The molecule has 2 amide bonds. The average Bonchev–Trinajstić information content (AvgIpc) is 2.69. The molecule has 110 valence electrons. The molecule has 20 heavy (non-hydrogen) atoms. The van der Waals surface area contributed by atoms with Crippen molar-refractivity contribution in [3.05, 3.63) is 21.4 Å². The van der Waals surface area contributed by atoms with Gasteiger partial charge in [0, 0.05) is 9.75 Å². The molecule has 1 aromatic heterocycles. The van der Waals surface area contributed by atoms with E-state index in [1.807, 2.05) is 20.8 Å². The molecule has 1 aliphatic rings. The fourth-order valence-corrected chi connectivity index (χ4v) is 3.72. The lowest BCUT2D eigenvalue weighted by molar-refractivity contribution is -0.147. The van der Waals surface area contributed by atoms with E-state index in [4.69, 9.17) is 0 Å². The molecule has 1 fully saturated rings. The molecule has 5 heteroatoms. The van der Waals surface area contributed by atoms with Crippen LogP contribution in [-0.2, 0) is 9.59 Å². The van der Waals surface area contributed by atoms with E-state index in [9.17, 15) is 9.59 Å². The van der Waals surface area contributed by atoms with Gasteiger partial charge >= 0.3 is 0 Å². The van der Waals surface area contributed by atoms with Crippen molar-refractivity contribution in [2.75, 3.05) is 6.54 Å². The summed E-state index contributed by atoms with van der Waals surface area (Å²) in [6.07, 6.45) is 0. The van der Waals surface area contributed by atoms with Crippen molar-refractivity contribution in [1.29, 1.82) is 0 Å². The summed E-state index contributed by atoms with van der Waals surface area (Å²) in [6, 6.07) is 1.66. The minimum Gasteiger partial charge on any atom is -0.343 e. The molecule has 0 radical (unpaired) electrons. The monoisotopic (exact) mass is 294 g/mol. The second-order valence-electron chi connectivity index (χ2n) is 5.80. The number of carbonyl (C=O) groups excluding carboxylic acids is 2. The minimum absolute atomic E-state index is 0.0235. The van der Waals surface area contributed by atoms with Crippen LogP contribution in [0.15, 0.2) is 6.07 Å². The maximum Gasteiger partial charge on any atom is 0.246 e. The molecule has 1 aliphatic heterocycles. The maximum absolute atomic E-state index is 12.6. The first-order valence-electron chi connectivity index (χ1n) is 6.98. The quantitative estimate of drug-likeness (QED) is 0.930. The third kappa shape index (κ3) is 2.73. The number of aryl methyl sites for hydroxylation is 2. The molecule has 4 nitrogen and oxygen atoms in total. The summed E-state index contributed by atoms with van der Waals surface area (Å²) in [7, 11) is 0. The van der Waals surface area contributed by atoms with Crippen molar-refractivity contribution in [2.45, 2.75) is 46.7 Å². The van der Waals surface area contributed by atoms with E-state index in [1.165, 1.54) is 9.75 Å². The summed E-state index contributed by atoms with van der Waals surface area (Å²) in [5.41, 5.74) is 1.15. The van der Waals surface area contributed by atoms with Gasteiger partial charge in [-0.1, -0.05) is 13.8 Å². The molecule has 2 unspecified atom stereocenters. The Morgan fingerprint density at radius 1 is 1.30 bits per heavy atom. The van der Waals surface area contributed by atoms with E-state index in [1.54, 1.807) is 16.2 Å². The van der Waals surface area contributed by atoms with Crippen LogP contribution < -0.4 is 5.32 Å². The van der Waals surface area contributed by atoms with Crippen LogP contribution in [0.5, 0.6) is 0 Å². The number of carbonyl (C=O) groups is 2. The van der Waals surface area contributed by atoms with Crippen LogP contribution in [0.2, 0.25) is 0 Å². The molecule has 1 saturated heterocycles. The highest BCUT2D eigenvalue weighted by atomic mass is 32.1. The predicted octanol–water partition coefficient (Wildman–Crippen LogP) is 2.41. The third-order valence-electron chi connectivity index (χ3n) is 3.84. The number of hydrogen-bond donors (Lipinski definition) is 1. The molecular weight excluding hydrogens is 272 g/mol. The van der Waals surface area contributed by atoms with Gasteiger partial charge in [-0.15, -0.1) is 11.3 Å². The van der Waals surface area contributed by atoms with E-state index < -0.39 is 6.04 Å². The minimum atomic E-state index is -0.404. The first-order chi connectivity index (χ1) is 9.31. The standard InChI is InChI=1S/C15H22N2O2S/c1-8(2)14-15(19)17(7-13(18)16-14)10(4)12-6-9(3)20-11(12)5/h6,8,10,14H,7H2,1-5H3,(H,16,18). The number of nitrogens with zero attached hydrogens (tertiary/aromatic N) is 1. The first-order valence-corrected chi connectivity index (χ1v) is 7.79. The van der Waals surface area contributed by atoms with E-state index in [-0.39, 0.29) is 30.3 Å². The molecule has 0 aliphatic carbocycles. The van der Waals surface area contributed by atoms with Crippen molar-refractivity contribution >= 4 is 23.2 Å². The fraction of sp³-hybridized carbons (Fsp3) is 0.600. The molecular formula is C15H22N2O2S. The topological polar surface area (TPSA) is 49.4 Å². The van der Waals surface area contributed by atoms with Crippen molar-refractivity contribution < 1.29 is 9.59 Å². The lowest BCUT2D eigenvalue weighted by Gasteiger charge is -2.38. The molecule has 0 spiro atoms. The van der Waals surface area contributed by atoms with Crippen LogP contribution in [0.4, 0.5) is 0 Å². The highest BCUT2D eigenvalue weighted by molar-refractivity contribution is 7.12. The zero-order valence-electron chi connectivity index (χ0n) is 12.7. The largest absolute Gasteiger partial charge is 0.343 e. The summed E-state index contributed by atoms with van der Waals surface area (Å²) >= 11 is 1.73. The number of piperazine rings is 1. The number of hydrogen-bond acceptors (Lipinski definition) is 3. The van der Waals surface area contributed by atoms with Crippen LogP contribution in [0.3, 0.4) is 0 Å². The van der Waals surface area contributed by atoms with Gasteiger partial charge in [-0.25, -0.2) is 0 Å². The van der Waals surface area contributed by atoms with Gasteiger partial charge in [0.25, 0.3) is 0 Å². The maximum atomic E-state index is 12.6. The number of amides is 2. The van der Waals surface area contributed by atoms with Crippen molar-refractivity contribution in [1.82, 2.24) is 10.2 Å². The summed E-state index contributed by atoms with van der Waals surface area (Å²) in [5.74, 6) is 0.0573. The van der Waals surface area contributed by atoms with Gasteiger partial charge in [-0.05, 0) is 38.3 Å². The van der Waals surface area contributed by atoms with E-state index in [2.05, 4.69) is 25.2 Å². The molecule has 0 aromatic carbocycles. The Bertz CT molecular complexity index is 536. The lowest BCUT2D eigenvalue weighted by atomic mass is 9.98. The Balaban J connectivity index is 2.28. The summed E-state index contributed by atoms with van der Waals surface area (Å²) in [6.45, 7) is 10.2. The summed E-state index contributed by atoms with van der Waals surface area (Å²) < 4.78 is 0. The van der Waals surface area contributed by atoms with Gasteiger partial charge in [-0.2, -0.15) is 0 Å². The number of rotatable bonds is 3. The van der Waals surface area contributed by atoms with E-state index in [0.29, 0.717) is 0 Å². The van der Waals surface area contributed by atoms with Gasteiger partial charge in [0.2, 0.25) is 11.8 Å². The van der Waals surface area contributed by atoms with Crippen molar-refractivity contribution in [3.63, 3.8) is 0 Å². The van der Waals surface area contributed by atoms with Crippen LogP contribution in [-0.4, -0.2) is 29.3 Å². The van der Waals surface area contributed by atoms with Crippen LogP contribution in [0.1, 0.15) is 42.1 Å². The van der Waals surface area contributed by atoms with Gasteiger partial charge in [0.05, 0.1) is 6.04 Å². The smallest absolute Gasteiger partial charge is 0.246 e. The molecule has 2 rings (SSSR count). The summed E-state index contributed by atoms with van der Waals surface area (Å²) in [5, 5.41) is 2.79. The van der Waals surface area contributed by atoms with Crippen LogP contribution in [0, 0.1) is 19.8 Å².